The Balaban J connectivity index is 1.52. The van der Waals surface area contributed by atoms with E-state index in [4.69, 9.17) is 20.9 Å². The van der Waals surface area contributed by atoms with Crippen molar-refractivity contribution in [1.29, 1.82) is 0 Å². The number of hydrogen-bond acceptors (Lipinski definition) is 6. The van der Waals surface area contributed by atoms with Crippen LogP contribution in [-0.4, -0.2) is 54.3 Å². The molecular weight excluding hydrogens is 392 g/mol. The van der Waals surface area contributed by atoms with E-state index in [0.717, 1.165) is 38.0 Å². The molecule has 2 aliphatic heterocycles. The maximum atomic E-state index is 13.3. The number of carbonyl (C=O) groups is 1. The van der Waals surface area contributed by atoms with Crippen LogP contribution >= 0.6 is 11.6 Å². The summed E-state index contributed by atoms with van der Waals surface area (Å²) in [5.74, 6) is 1.07. The van der Waals surface area contributed by atoms with Gasteiger partial charge in [0.1, 0.15) is 6.04 Å². The van der Waals surface area contributed by atoms with Gasteiger partial charge in [0, 0.05) is 38.7 Å². The summed E-state index contributed by atoms with van der Waals surface area (Å²) in [6.07, 6.45) is 5.77. The summed E-state index contributed by atoms with van der Waals surface area (Å²) >= 11 is 6.53. The van der Waals surface area contributed by atoms with Gasteiger partial charge in [0.15, 0.2) is 5.82 Å². The Kier molecular flexibility index (Phi) is 6.35. The van der Waals surface area contributed by atoms with Crippen molar-refractivity contribution in [3.05, 3.63) is 40.5 Å². The van der Waals surface area contributed by atoms with Crippen molar-refractivity contribution in [3.8, 4) is 0 Å². The number of rotatable bonds is 6. The fraction of sp³-hybridized carbons (Fsp3) is 0.571. The SMILES string of the molecule is COCCc1noc(C2CCCCN2C(=O)c2ccc(N3CCCC3)c(Cl)c2)n1. The number of amides is 1. The summed E-state index contributed by atoms with van der Waals surface area (Å²) in [6.45, 7) is 3.24. The zero-order chi connectivity index (χ0) is 20.2. The number of carbonyl (C=O) groups excluding carboxylic acids is 1. The van der Waals surface area contributed by atoms with Crippen molar-refractivity contribution >= 4 is 23.2 Å². The molecule has 1 amide bonds. The minimum absolute atomic E-state index is 0.0405. The van der Waals surface area contributed by atoms with Gasteiger partial charge in [0.05, 0.1) is 17.3 Å². The molecule has 0 N–H and O–H groups in total. The maximum absolute atomic E-state index is 13.3. The Morgan fingerprint density at radius 3 is 2.79 bits per heavy atom. The Hall–Kier alpha value is -2.12. The van der Waals surface area contributed by atoms with Crippen molar-refractivity contribution < 1.29 is 14.1 Å². The molecule has 3 heterocycles. The summed E-state index contributed by atoms with van der Waals surface area (Å²) in [5.41, 5.74) is 1.61. The number of benzene rings is 1. The van der Waals surface area contributed by atoms with Crippen LogP contribution in [0.2, 0.25) is 5.02 Å². The normalized spacial score (nSPS) is 19.7. The number of anilines is 1. The molecule has 0 spiro atoms. The molecule has 156 valence electrons. The number of methoxy groups -OCH3 is 1. The van der Waals surface area contributed by atoms with Crippen LogP contribution in [-0.2, 0) is 11.2 Å². The first-order valence-electron chi connectivity index (χ1n) is 10.3. The van der Waals surface area contributed by atoms with Crippen LogP contribution in [0.5, 0.6) is 0 Å². The van der Waals surface area contributed by atoms with E-state index in [1.54, 1.807) is 13.2 Å². The lowest BCUT2D eigenvalue weighted by molar-refractivity contribution is 0.0561. The van der Waals surface area contributed by atoms with Gasteiger partial charge in [-0.05, 0) is 50.3 Å². The first kappa shape index (κ1) is 20.2. The molecule has 29 heavy (non-hydrogen) atoms. The van der Waals surface area contributed by atoms with E-state index in [0.29, 0.717) is 41.9 Å². The summed E-state index contributed by atoms with van der Waals surface area (Å²) in [5, 5.41) is 4.67. The second-order valence-electron chi connectivity index (χ2n) is 7.66. The first-order chi connectivity index (χ1) is 14.2. The van der Waals surface area contributed by atoms with E-state index >= 15 is 0 Å². The van der Waals surface area contributed by atoms with Crippen LogP contribution in [0.25, 0.3) is 0 Å². The molecule has 2 aliphatic rings. The van der Waals surface area contributed by atoms with Gasteiger partial charge in [-0.1, -0.05) is 16.8 Å². The molecule has 4 rings (SSSR count). The van der Waals surface area contributed by atoms with E-state index in [9.17, 15) is 4.79 Å². The summed E-state index contributed by atoms with van der Waals surface area (Å²) in [6, 6.07) is 5.44. The smallest absolute Gasteiger partial charge is 0.254 e. The zero-order valence-corrected chi connectivity index (χ0v) is 17.5. The lowest BCUT2D eigenvalue weighted by Gasteiger charge is -2.33. The van der Waals surface area contributed by atoms with Crippen molar-refractivity contribution in [2.75, 3.05) is 38.3 Å². The first-order valence-corrected chi connectivity index (χ1v) is 10.7. The minimum Gasteiger partial charge on any atom is -0.384 e. The second kappa shape index (κ2) is 9.13. The van der Waals surface area contributed by atoms with Gasteiger partial charge in [-0.15, -0.1) is 0 Å². The molecule has 2 fully saturated rings. The zero-order valence-electron chi connectivity index (χ0n) is 16.8. The second-order valence-corrected chi connectivity index (χ2v) is 8.07. The van der Waals surface area contributed by atoms with Gasteiger partial charge in [0.2, 0.25) is 5.89 Å². The number of aromatic nitrogens is 2. The van der Waals surface area contributed by atoms with Gasteiger partial charge >= 0.3 is 0 Å². The molecule has 2 aromatic rings. The van der Waals surface area contributed by atoms with Crippen LogP contribution in [0.3, 0.4) is 0 Å². The van der Waals surface area contributed by atoms with Crippen molar-refractivity contribution in [2.45, 2.75) is 44.6 Å². The molecule has 0 saturated carbocycles. The summed E-state index contributed by atoms with van der Waals surface area (Å²) in [4.78, 5) is 21.9. The molecule has 8 heteroatoms. The van der Waals surface area contributed by atoms with Gasteiger partial charge < -0.3 is 19.1 Å². The van der Waals surface area contributed by atoms with Gasteiger partial charge in [0.25, 0.3) is 5.91 Å². The minimum atomic E-state index is -0.197. The number of piperidine rings is 1. The predicted octanol–water partition coefficient (Wildman–Crippen LogP) is 3.88. The number of hydrogen-bond donors (Lipinski definition) is 0. The summed E-state index contributed by atoms with van der Waals surface area (Å²) < 4.78 is 10.6. The quantitative estimate of drug-likeness (QED) is 0.708. The summed E-state index contributed by atoms with van der Waals surface area (Å²) in [7, 11) is 1.64. The van der Waals surface area contributed by atoms with Crippen LogP contribution in [0.1, 0.15) is 60.2 Å². The Morgan fingerprint density at radius 2 is 2.03 bits per heavy atom. The van der Waals surface area contributed by atoms with Gasteiger partial charge in [-0.3, -0.25) is 4.79 Å². The lowest BCUT2D eigenvalue weighted by atomic mass is 10.0. The highest BCUT2D eigenvalue weighted by molar-refractivity contribution is 6.33. The predicted molar refractivity (Wildman–Crippen MR) is 110 cm³/mol. The Labute approximate surface area is 176 Å². The lowest BCUT2D eigenvalue weighted by Crippen LogP contribution is -2.38. The molecule has 1 aromatic heterocycles. The van der Waals surface area contributed by atoms with Gasteiger partial charge in [-0.25, -0.2) is 0 Å². The highest BCUT2D eigenvalue weighted by Gasteiger charge is 2.33. The largest absolute Gasteiger partial charge is 0.384 e. The molecule has 7 nitrogen and oxygen atoms in total. The van der Waals surface area contributed by atoms with E-state index in [1.807, 2.05) is 17.0 Å². The molecule has 1 aromatic carbocycles. The standard InChI is InChI=1S/C21H27ClN4O3/c1-28-13-9-19-23-20(29-24-19)18-6-2-3-12-26(18)21(27)15-7-8-17(16(22)14-15)25-10-4-5-11-25/h7-8,14,18H,2-6,9-13H2,1H3. The van der Waals surface area contributed by atoms with E-state index in [1.165, 1.54) is 12.8 Å². The monoisotopic (exact) mass is 418 g/mol. The van der Waals surface area contributed by atoms with Crippen molar-refractivity contribution in [3.63, 3.8) is 0 Å². The average molecular weight is 419 g/mol. The number of nitrogens with zero attached hydrogens (tertiary/aromatic N) is 4. The van der Waals surface area contributed by atoms with Gasteiger partial charge in [-0.2, -0.15) is 4.98 Å². The molecule has 1 unspecified atom stereocenters. The number of likely N-dealkylation sites (tertiary alicyclic amines) is 1. The molecule has 2 saturated heterocycles. The number of halogens is 1. The highest BCUT2D eigenvalue weighted by Crippen LogP contribution is 2.34. The third-order valence-electron chi connectivity index (χ3n) is 5.70. The molecule has 1 atom stereocenters. The van der Waals surface area contributed by atoms with Crippen molar-refractivity contribution in [2.24, 2.45) is 0 Å². The molecule has 0 radical (unpaired) electrons. The van der Waals surface area contributed by atoms with E-state index in [-0.39, 0.29) is 11.9 Å². The van der Waals surface area contributed by atoms with Crippen LogP contribution in [0, 0.1) is 0 Å². The average Bonchev–Trinajstić information content (AvgIpc) is 3.44. The molecule has 0 aliphatic carbocycles. The van der Waals surface area contributed by atoms with Crippen LogP contribution < -0.4 is 4.90 Å². The Morgan fingerprint density at radius 1 is 1.24 bits per heavy atom. The maximum Gasteiger partial charge on any atom is 0.254 e. The van der Waals surface area contributed by atoms with Crippen LogP contribution in [0.4, 0.5) is 5.69 Å². The fourth-order valence-electron chi connectivity index (χ4n) is 4.15. The third kappa shape index (κ3) is 4.41. The fourth-order valence-corrected chi connectivity index (χ4v) is 4.45. The molecule has 0 bridgehead atoms. The van der Waals surface area contributed by atoms with E-state index < -0.39 is 0 Å². The van der Waals surface area contributed by atoms with Crippen molar-refractivity contribution in [1.82, 2.24) is 15.0 Å². The topological polar surface area (TPSA) is 71.7 Å². The number of ether oxygens (including phenoxy) is 1. The molecular formula is C21H27ClN4O3. The van der Waals surface area contributed by atoms with Crippen LogP contribution in [0.15, 0.2) is 22.7 Å². The Bertz CT molecular complexity index is 850. The van der Waals surface area contributed by atoms with E-state index in [2.05, 4.69) is 15.0 Å². The highest BCUT2D eigenvalue weighted by atomic mass is 35.5. The third-order valence-corrected chi connectivity index (χ3v) is 6.01.